The zero-order valence-electron chi connectivity index (χ0n) is 14.0. The van der Waals surface area contributed by atoms with Gasteiger partial charge in [0.2, 0.25) is 5.91 Å². The SMILES string of the molecule is COCCNCCNC(=O)c1ccc(CN2C(=O)CNC2=O)cc1.Cl. The Morgan fingerprint density at radius 1 is 1.20 bits per heavy atom. The number of halogens is 1. The number of carbonyl (C=O) groups is 3. The van der Waals surface area contributed by atoms with Gasteiger partial charge in [0.25, 0.3) is 5.91 Å². The number of ether oxygens (including phenoxy) is 1. The molecule has 0 aromatic heterocycles. The number of methoxy groups -OCH3 is 1. The molecule has 1 aromatic rings. The summed E-state index contributed by atoms with van der Waals surface area (Å²) in [6.07, 6.45) is 0. The molecule has 1 heterocycles. The largest absolute Gasteiger partial charge is 0.383 e. The molecule has 9 heteroatoms. The molecule has 1 aliphatic rings. The Balaban J connectivity index is 0.00000312. The van der Waals surface area contributed by atoms with Crippen LogP contribution in [-0.4, -0.2) is 62.6 Å². The van der Waals surface area contributed by atoms with E-state index < -0.39 is 0 Å². The number of rotatable bonds is 9. The van der Waals surface area contributed by atoms with Crippen LogP contribution in [0.3, 0.4) is 0 Å². The van der Waals surface area contributed by atoms with Crippen LogP contribution in [-0.2, 0) is 16.1 Å². The van der Waals surface area contributed by atoms with Gasteiger partial charge in [0, 0.05) is 32.3 Å². The lowest BCUT2D eigenvalue weighted by atomic mass is 10.1. The molecule has 0 atom stereocenters. The number of carbonyl (C=O) groups excluding carboxylic acids is 3. The highest BCUT2D eigenvalue weighted by molar-refractivity contribution is 6.01. The lowest BCUT2D eigenvalue weighted by molar-refractivity contribution is -0.125. The molecule has 1 saturated heterocycles. The van der Waals surface area contributed by atoms with Gasteiger partial charge in [-0.15, -0.1) is 12.4 Å². The number of hydrogen-bond donors (Lipinski definition) is 3. The maximum atomic E-state index is 12.0. The summed E-state index contributed by atoms with van der Waals surface area (Å²) in [4.78, 5) is 36.2. The number of urea groups is 1. The van der Waals surface area contributed by atoms with E-state index in [1.807, 2.05) is 0 Å². The van der Waals surface area contributed by atoms with Crippen molar-refractivity contribution in [3.8, 4) is 0 Å². The topological polar surface area (TPSA) is 99.8 Å². The van der Waals surface area contributed by atoms with Crippen molar-refractivity contribution in [1.29, 1.82) is 0 Å². The van der Waals surface area contributed by atoms with Gasteiger partial charge in [-0.2, -0.15) is 0 Å². The molecule has 0 radical (unpaired) electrons. The van der Waals surface area contributed by atoms with E-state index in [1.165, 1.54) is 0 Å². The first kappa shape index (κ1) is 20.9. The first-order valence-corrected chi connectivity index (χ1v) is 7.77. The minimum Gasteiger partial charge on any atom is -0.383 e. The zero-order chi connectivity index (χ0) is 17.4. The van der Waals surface area contributed by atoms with Crippen molar-refractivity contribution in [2.24, 2.45) is 0 Å². The summed E-state index contributed by atoms with van der Waals surface area (Å²) in [5.74, 6) is -0.409. The van der Waals surface area contributed by atoms with Gasteiger partial charge >= 0.3 is 6.03 Å². The van der Waals surface area contributed by atoms with E-state index in [-0.39, 0.29) is 43.3 Å². The van der Waals surface area contributed by atoms with Crippen molar-refractivity contribution in [2.75, 3.05) is 39.9 Å². The van der Waals surface area contributed by atoms with Crippen LogP contribution in [0.15, 0.2) is 24.3 Å². The average Bonchev–Trinajstić information content (AvgIpc) is 2.90. The van der Waals surface area contributed by atoms with Gasteiger partial charge in [-0.3, -0.25) is 14.5 Å². The summed E-state index contributed by atoms with van der Waals surface area (Å²) in [5, 5.41) is 8.42. The number of hydrogen-bond acceptors (Lipinski definition) is 5. The van der Waals surface area contributed by atoms with Gasteiger partial charge in [0.15, 0.2) is 0 Å². The highest BCUT2D eigenvalue weighted by Gasteiger charge is 2.28. The predicted molar refractivity (Wildman–Crippen MR) is 94.7 cm³/mol. The number of nitrogens with one attached hydrogen (secondary N) is 3. The fraction of sp³-hybridized carbons (Fsp3) is 0.438. The molecule has 0 saturated carbocycles. The second-order valence-corrected chi connectivity index (χ2v) is 5.33. The van der Waals surface area contributed by atoms with Crippen LogP contribution in [0.5, 0.6) is 0 Å². The first-order chi connectivity index (χ1) is 11.6. The molecule has 0 bridgehead atoms. The Morgan fingerprint density at radius 2 is 1.92 bits per heavy atom. The van der Waals surface area contributed by atoms with Crippen LogP contribution in [0, 0.1) is 0 Å². The van der Waals surface area contributed by atoms with Crippen LogP contribution in [0.2, 0.25) is 0 Å². The fourth-order valence-corrected chi connectivity index (χ4v) is 2.23. The van der Waals surface area contributed by atoms with Crippen molar-refractivity contribution in [1.82, 2.24) is 20.9 Å². The molecular formula is C16H23ClN4O4. The Hall–Kier alpha value is -2.16. The van der Waals surface area contributed by atoms with E-state index in [2.05, 4.69) is 16.0 Å². The lowest BCUT2D eigenvalue weighted by Crippen LogP contribution is -2.33. The maximum Gasteiger partial charge on any atom is 0.324 e. The van der Waals surface area contributed by atoms with E-state index in [0.717, 1.165) is 17.0 Å². The highest BCUT2D eigenvalue weighted by Crippen LogP contribution is 2.10. The van der Waals surface area contributed by atoms with Gasteiger partial charge in [-0.05, 0) is 17.7 Å². The molecule has 0 spiro atoms. The lowest BCUT2D eigenvalue weighted by Gasteiger charge is -2.12. The third-order valence-corrected chi connectivity index (χ3v) is 3.56. The molecule has 0 unspecified atom stereocenters. The number of benzene rings is 1. The van der Waals surface area contributed by atoms with Gasteiger partial charge < -0.3 is 20.7 Å². The van der Waals surface area contributed by atoms with Crippen LogP contribution < -0.4 is 16.0 Å². The maximum absolute atomic E-state index is 12.0. The summed E-state index contributed by atoms with van der Waals surface area (Å²) >= 11 is 0. The number of imide groups is 1. The van der Waals surface area contributed by atoms with Crippen molar-refractivity contribution in [3.63, 3.8) is 0 Å². The summed E-state index contributed by atoms with van der Waals surface area (Å²) in [6.45, 7) is 2.80. The third-order valence-electron chi connectivity index (χ3n) is 3.56. The van der Waals surface area contributed by atoms with E-state index in [0.29, 0.717) is 25.3 Å². The van der Waals surface area contributed by atoms with E-state index in [9.17, 15) is 14.4 Å². The Labute approximate surface area is 152 Å². The summed E-state index contributed by atoms with van der Waals surface area (Å²) < 4.78 is 4.91. The van der Waals surface area contributed by atoms with E-state index >= 15 is 0 Å². The predicted octanol–water partition coefficient (Wildman–Crippen LogP) is 0.126. The van der Waals surface area contributed by atoms with Crippen LogP contribution in [0.1, 0.15) is 15.9 Å². The molecule has 8 nitrogen and oxygen atoms in total. The fourth-order valence-electron chi connectivity index (χ4n) is 2.23. The van der Waals surface area contributed by atoms with Crippen LogP contribution in [0.4, 0.5) is 4.79 Å². The number of nitrogens with zero attached hydrogens (tertiary/aromatic N) is 1. The molecule has 1 aliphatic heterocycles. The van der Waals surface area contributed by atoms with Crippen molar-refractivity contribution >= 4 is 30.3 Å². The Bertz CT molecular complexity index is 578. The first-order valence-electron chi connectivity index (χ1n) is 7.77. The van der Waals surface area contributed by atoms with Gasteiger partial charge in [0.1, 0.15) is 0 Å². The molecule has 25 heavy (non-hydrogen) atoms. The normalized spacial score (nSPS) is 13.4. The van der Waals surface area contributed by atoms with Gasteiger partial charge in [0.05, 0.1) is 19.7 Å². The molecule has 2 rings (SSSR count). The second kappa shape index (κ2) is 10.7. The molecule has 1 aromatic carbocycles. The molecule has 1 fully saturated rings. The standard InChI is InChI=1S/C16H22N4O4.ClH/c1-24-9-8-17-6-7-18-15(22)13-4-2-12(3-5-13)11-20-14(21)10-19-16(20)23;/h2-5,17H,6-11H2,1H3,(H,18,22)(H,19,23);1H. The molecule has 138 valence electrons. The zero-order valence-corrected chi connectivity index (χ0v) is 14.9. The Morgan fingerprint density at radius 3 is 2.52 bits per heavy atom. The quantitative estimate of drug-likeness (QED) is 0.423. The summed E-state index contributed by atoms with van der Waals surface area (Å²) in [6, 6.07) is 6.46. The van der Waals surface area contributed by atoms with E-state index in [1.54, 1.807) is 31.4 Å². The molecular weight excluding hydrogens is 348 g/mol. The van der Waals surface area contributed by atoms with Crippen LogP contribution >= 0.6 is 12.4 Å². The third kappa shape index (κ3) is 6.33. The molecule has 0 aliphatic carbocycles. The molecule has 4 amide bonds. The number of amides is 4. The minimum absolute atomic E-state index is 0. The van der Waals surface area contributed by atoms with Crippen molar-refractivity contribution in [3.05, 3.63) is 35.4 Å². The molecule has 3 N–H and O–H groups in total. The summed E-state index contributed by atoms with van der Waals surface area (Å²) in [7, 11) is 1.64. The monoisotopic (exact) mass is 370 g/mol. The van der Waals surface area contributed by atoms with E-state index in [4.69, 9.17) is 4.74 Å². The van der Waals surface area contributed by atoms with Crippen LogP contribution in [0.25, 0.3) is 0 Å². The van der Waals surface area contributed by atoms with Crippen molar-refractivity contribution in [2.45, 2.75) is 6.54 Å². The minimum atomic E-state index is -0.386. The highest BCUT2D eigenvalue weighted by atomic mass is 35.5. The smallest absolute Gasteiger partial charge is 0.324 e. The second-order valence-electron chi connectivity index (χ2n) is 5.33. The summed E-state index contributed by atoms with van der Waals surface area (Å²) in [5.41, 5.74) is 1.33. The van der Waals surface area contributed by atoms with Gasteiger partial charge in [-0.25, -0.2) is 4.79 Å². The van der Waals surface area contributed by atoms with Gasteiger partial charge in [-0.1, -0.05) is 12.1 Å². The average molecular weight is 371 g/mol. The Kier molecular flexibility index (Phi) is 8.90. The van der Waals surface area contributed by atoms with Crippen molar-refractivity contribution < 1.29 is 19.1 Å².